The summed E-state index contributed by atoms with van der Waals surface area (Å²) < 4.78 is 1.76. The zero-order valence-corrected chi connectivity index (χ0v) is 7.45. The molecule has 0 atom stereocenters. The Kier molecular flexibility index (Phi) is 1.87. The molecule has 0 spiro atoms. The van der Waals surface area contributed by atoms with Crippen LogP contribution in [0.1, 0.15) is 9.88 Å². The van der Waals surface area contributed by atoms with E-state index in [4.69, 9.17) is 0 Å². The van der Waals surface area contributed by atoms with Gasteiger partial charge in [0, 0.05) is 11.1 Å². The molecule has 5 heteroatoms. The van der Waals surface area contributed by atoms with Crippen LogP contribution in [0.25, 0.3) is 0 Å². The van der Waals surface area contributed by atoms with E-state index >= 15 is 0 Å². The molecule has 0 radical (unpaired) electrons. The number of hydrogen-bond acceptors (Lipinski definition) is 4. The molecule has 0 bridgehead atoms. The minimum Gasteiger partial charge on any atom is -0.247 e. The van der Waals surface area contributed by atoms with Crippen molar-refractivity contribution in [3.8, 4) is 0 Å². The van der Waals surface area contributed by atoms with Crippen molar-refractivity contribution < 1.29 is 0 Å². The SMILES string of the molecule is Cc1cnc(Cn2cncn2)s1. The van der Waals surface area contributed by atoms with Gasteiger partial charge in [-0.05, 0) is 6.92 Å². The summed E-state index contributed by atoms with van der Waals surface area (Å²) >= 11 is 1.69. The van der Waals surface area contributed by atoms with E-state index in [1.54, 1.807) is 22.3 Å². The molecule has 2 rings (SSSR count). The predicted molar refractivity (Wildman–Crippen MR) is 46.0 cm³/mol. The van der Waals surface area contributed by atoms with Crippen molar-refractivity contribution in [2.45, 2.75) is 13.5 Å². The lowest BCUT2D eigenvalue weighted by molar-refractivity contribution is 0.681. The number of nitrogens with zero attached hydrogens (tertiary/aromatic N) is 4. The molecule has 2 aromatic heterocycles. The highest BCUT2D eigenvalue weighted by molar-refractivity contribution is 7.11. The summed E-state index contributed by atoms with van der Waals surface area (Å²) in [7, 11) is 0. The zero-order chi connectivity index (χ0) is 8.39. The van der Waals surface area contributed by atoms with Gasteiger partial charge in [-0.15, -0.1) is 11.3 Å². The Labute approximate surface area is 73.9 Å². The van der Waals surface area contributed by atoms with Gasteiger partial charge in [0.05, 0.1) is 6.54 Å². The zero-order valence-electron chi connectivity index (χ0n) is 6.64. The van der Waals surface area contributed by atoms with E-state index in [0.717, 1.165) is 11.6 Å². The molecule has 0 aliphatic heterocycles. The average Bonchev–Trinajstić information content (AvgIpc) is 2.63. The Morgan fingerprint density at radius 3 is 3.08 bits per heavy atom. The van der Waals surface area contributed by atoms with Crippen LogP contribution in [0.4, 0.5) is 0 Å². The number of hydrogen-bond donors (Lipinski definition) is 0. The molecular formula is C7H8N4S. The lowest BCUT2D eigenvalue weighted by Gasteiger charge is -1.93. The molecule has 0 N–H and O–H groups in total. The van der Waals surface area contributed by atoms with Crippen LogP contribution in [0.5, 0.6) is 0 Å². The fraction of sp³-hybridized carbons (Fsp3) is 0.286. The molecular weight excluding hydrogens is 172 g/mol. The molecule has 0 aliphatic rings. The molecule has 0 saturated carbocycles. The summed E-state index contributed by atoms with van der Waals surface area (Å²) in [5, 5.41) is 5.06. The molecule has 0 fully saturated rings. The van der Waals surface area contributed by atoms with Crippen molar-refractivity contribution in [2.24, 2.45) is 0 Å². The van der Waals surface area contributed by atoms with Crippen LogP contribution in [0.15, 0.2) is 18.9 Å². The summed E-state index contributed by atoms with van der Waals surface area (Å²) in [5.74, 6) is 0. The van der Waals surface area contributed by atoms with Gasteiger partial charge in [-0.25, -0.2) is 14.6 Å². The van der Waals surface area contributed by atoms with Gasteiger partial charge in [0.15, 0.2) is 0 Å². The van der Waals surface area contributed by atoms with Crippen molar-refractivity contribution in [1.82, 2.24) is 19.7 Å². The minimum atomic E-state index is 0.721. The fourth-order valence-corrected chi connectivity index (χ4v) is 1.71. The van der Waals surface area contributed by atoms with Gasteiger partial charge in [-0.1, -0.05) is 0 Å². The molecule has 0 saturated heterocycles. The number of aryl methyl sites for hydroxylation is 1. The Hall–Kier alpha value is -1.23. The average molecular weight is 180 g/mol. The first-order valence-electron chi connectivity index (χ1n) is 3.58. The van der Waals surface area contributed by atoms with Crippen molar-refractivity contribution in [2.75, 3.05) is 0 Å². The van der Waals surface area contributed by atoms with E-state index in [1.165, 1.54) is 11.2 Å². The van der Waals surface area contributed by atoms with Gasteiger partial charge < -0.3 is 0 Å². The van der Waals surface area contributed by atoms with Crippen LogP contribution in [0.3, 0.4) is 0 Å². The summed E-state index contributed by atoms with van der Waals surface area (Å²) in [5.41, 5.74) is 0. The monoisotopic (exact) mass is 180 g/mol. The molecule has 4 nitrogen and oxygen atoms in total. The van der Waals surface area contributed by atoms with E-state index in [0.29, 0.717) is 0 Å². The highest BCUT2D eigenvalue weighted by atomic mass is 32.1. The summed E-state index contributed by atoms with van der Waals surface area (Å²) in [6.45, 7) is 2.76. The van der Waals surface area contributed by atoms with Crippen molar-refractivity contribution >= 4 is 11.3 Å². The van der Waals surface area contributed by atoms with Gasteiger partial charge >= 0.3 is 0 Å². The Morgan fingerprint density at radius 2 is 2.50 bits per heavy atom. The smallest absolute Gasteiger partial charge is 0.137 e. The van der Waals surface area contributed by atoms with Crippen LogP contribution in [-0.2, 0) is 6.54 Å². The summed E-state index contributed by atoms with van der Waals surface area (Å²) in [4.78, 5) is 9.30. The second-order valence-corrected chi connectivity index (χ2v) is 3.78. The van der Waals surface area contributed by atoms with Gasteiger partial charge in [-0.3, -0.25) is 0 Å². The Bertz CT molecular complexity index is 351. The first kappa shape index (κ1) is 7.42. The summed E-state index contributed by atoms with van der Waals surface area (Å²) in [6.07, 6.45) is 5.09. The van der Waals surface area contributed by atoms with Gasteiger partial charge in [0.1, 0.15) is 17.7 Å². The van der Waals surface area contributed by atoms with Crippen LogP contribution < -0.4 is 0 Å². The second-order valence-electron chi connectivity index (χ2n) is 2.46. The maximum Gasteiger partial charge on any atom is 0.137 e. The maximum absolute atomic E-state index is 4.22. The van der Waals surface area contributed by atoms with Crippen molar-refractivity contribution in [3.05, 3.63) is 28.7 Å². The maximum atomic E-state index is 4.22. The van der Waals surface area contributed by atoms with E-state index in [9.17, 15) is 0 Å². The largest absolute Gasteiger partial charge is 0.247 e. The standard InChI is InChI=1S/C7H8N4S/c1-6-2-9-7(12-6)3-11-5-8-4-10-11/h2,4-5H,3H2,1H3. The molecule has 0 aromatic carbocycles. The number of thiazole rings is 1. The van der Waals surface area contributed by atoms with Crippen molar-refractivity contribution in [1.29, 1.82) is 0 Å². The fourth-order valence-electron chi connectivity index (χ4n) is 0.927. The quantitative estimate of drug-likeness (QED) is 0.695. The predicted octanol–water partition coefficient (Wildman–Crippen LogP) is 1.09. The second kappa shape index (κ2) is 3.02. The first-order chi connectivity index (χ1) is 5.84. The molecule has 0 amide bonds. The highest BCUT2D eigenvalue weighted by Gasteiger charge is 1.99. The van der Waals surface area contributed by atoms with Crippen LogP contribution in [0.2, 0.25) is 0 Å². The van der Waals surface area contributed by atoms with Crippen LogP contribution in [-0.4, -0.2) is 19.7 Å². The van der Waals surface area contributed by atoms with E-state index in [1.807, 2.05) is 13.1 Å². The third-order valence-corrected chi connectivity index (χ3v) is 2.33. The Morgan fingerprint density at radius 1 is 1.58 bits per heavy atom. The van der Waals surface area contributed by atoms with E-state index in [-0.39, 0.29) is 0 Å². The third-order valence-electron chi connectivity index (χ3n) is 1.43. The molecule has 2 heterocycles. The topological polar surface area (TPSA) is 43.6 Å². The molecule has 12 heavy (non-hydrogen) atoms. The normalized spacial score (nSPS) is 10.4. The van der Waals surface area contributed by atoms with E-state index < -0.39 is 0 Å². The number of rotatable bonds is 2. The summed E-state index contributed by atoms with van der Waals surface area (Å²) in [6, 6.07) is 0. The lowest BCUT2D eigenvalue weighted by Crippen LogP contribution is -1.98. The number of aromatic nitrogens is 4. The first-order valence-corrected chi connectivity index (χ1v) is 4.40. The van der Waals surface area contributed by atoms with Gasteiger partial charge in [-0.2, -0.15) is 5.10 Å². The molecule has 0 unspecified atom stereocenters. The lowest BCUT2D eigenvalue weighted by atomic mass is 10.6. The van der Waals surface area contributed by atoms with Gasteiger partial charge in [0.25, 0.3) is 0 Å². The van der Waals surface area contributed by atoms with Crippen LogP contribution >= 0.6 is 11.3 Å². The molecule has 62 valence electrons. The highest BCUT2D eigenvalue weighted by Crippen LogP contribution is 2.11. The van der Waals surface area contributed by atoms with Gasteiger partial charge in [0.2, 0.25) is 0 Å². The van der Waals surface area contributed by atoms with Crippen LogP contribution in [0, 0.1) is 6.92 Å². The van der Waals surface area contributed by atoms with E-state index in [2.05, 4.69) is 15.1 Å². The Balaban J connectivity index is 2.14. The molecule has 2 aromatic rings. The third kappa shape index (κ3) is 1.50. The van der Waals surface area contributed by atoms with Crippen molar-refractivity contribution in [3.63, 3.8) is 0 Å². The minimum absolute atomic E-state index is 0.721. The molecule has 0 aliphatic carbocycles.